The normalized spacial score (nSPS) is 12.1. The van der Waals surface area contributed by atoms with Crippen LogP contribution in [0.15, 0.2) is 35.4 Å². The van der Waals surface area contributed by atoms with Crippen LogP contribution in [0, 0.1) is 6.92 Å². The van der Waals surface area contributed by atoms with Gasteiger partial charge in [0.1, 0.15) is 0 Å². The van der Waals surface area contributed by atoms with Crippen LogP contribution in [0.1, 0.15) is 5.56 Å². The first-order chi connectivity index (χ1) is 6.70. The van der Waals surface area contributed by atoms with Crippen LogP contribution >= 0.6 is 0 Å². The number of aryl methyl sites for hydroxylation is 1. The predicted octanol–water partition coefficient (Wildman–Crippen LogP) is -1.21. The quantitative estimate of drug-likeness (QED) is 0.455. The third-order valence-corrected chi connectivity index (χ3v) is 2.94. The summed E-state index contributed by atoms with van der Waals surface area (Å²) in [5.74, 6) is 0. The van der Waals surface area contributed by atoms with Crippen LogP contribution in [0.2, 0.25) is 0 Å². The Kier molecular flexibility index (Phi) is 4.43. The summed E-state index contributed by atoms with van der Waals surface area (Å²) in [6.07, 6.45) is 1.60. The Morgan fingerprint density at radius 2 is 2.07 bits per heavy atom. The first-order valence-electron chi connectivity index (χ1n) is 4.14. The van der Waals surface area contributed by atoms with Crippen LogP contribution in [0.3, 0.4) is 0 Å². The minimum atomic E-state index is -2.23. The molecule has 0 saturated heterocycles. The SMILES string of the molecule is Cc1ccc2cccnc2c1S(=O)[O-].[Na+]. The molecule has 0 aliphatic heterocycles. The minimum Gasteiger partial charge on any atom is -0.768 e. The van der Waals surface area contributed by atoms with Gasteiger partial charge in [0.2, 0.25) is 0 Å². The van der Waals surface area contributed by atoms with Crippen molar-refractivity contribution in [1.82, 2.24) is 4.98 Å². The van der Waals surface area contributed by atoms with E-state index in [0.717, 1.165) is 10.9 Å². The number of hydrogen-bond donors (Lipinski definition) is 0. The Hall–Kier alpha value is -0.260. The predicted molar refractivity (Wildman–Crippen MR) is 53.7 cm³/mol. The number of hydrogen-bond acceptors (Lipinski definition) is 3. The molecular weight excluding hydrogens is 221 g/mol. The Labute approximate surface area is 112 Å². The van der Waals surface area contributed by atoms with E-state index < -0.39 is 11.1 Å². The van der Waals surface area contributed by atoms with E-state index in [1.165, 1.54) is 0 Å². The van der Waals surface area contributed by atoms with E-state index in [0.29, 0.717) is 10.4 Å². The van der Waals surface area contributed by atoms with Crippen molar-refractivity contribution in [2.45, 2.75) is 11.8 Å². The van der Waals surface area contributed by atoms with E-state index in [-0.39, 0.29) is 29.6 Å². The van der Waals surface area contributed by atoms with Crippen LogP contribution in [-0.2, 0) is 11.1 Å². The molecule has 0 aliphatic carbocycles. The molecule has 0 N–H and O–H groups in total. The molecule has 15 heavy (non-hydrogen) atoms. The van der Waals surface area contributed by atoms with E-state index in [1.807, 2.05) is 12.1 Å². The summed E-state index contributed by atoms with van der Waals surface area (Å²) in [7, 11) is 0. The summed E-state index contributed by atoms with van der Waals surface area (Å²) < 4.78 is 22.0. The molecule has 1 atom stereocenters. The van der Waals surface area contributed by atoms with Gasteiger partial charge in [0.15, 0.2) is 0 Å². The zero-order valence-electron chi connectivity index (χ0n) is 8.56. The van der Waals surface area contributed by atoms with Crippen molar-refractivity contribution in [3.8, 4) is 0 Å². The standard InChI is InChI=1S/C10H9NO2S.Na/c1-7-4-5-8-3-2-6-11-9(8)10(7)14(12)13;/h2-6H,1H3,(H,12,13);/q;+1/p-1. The molecule has 1 unspecified atom stereocenters. The summed E-state index contributed by atoms with van der Waals surface area (Å²) in [6.45, 7) is 1.76. The van der Waals surface area contributed by atoms with E-state index in [9.17, 15) is 8.76 Å². The van der Waals surface area contributed by atoms with Crippen LogP contribution in [0.4, 0.5) is 0 Å². The maximum atomic E-state index is 11.0. The third kappa shape index (κ3) is 2.46. The molecule has 1 aromatic carbocycles. The zero-order chi connectivity index (χ0) is 10.1. The number of nitrogens with zero attached hydrogens (tertiary/aromatic N) is 1. The minimum absolute atomic E-state index is 0. The van der Waals surface area contributed by atoms with Gasteiger partial charge in [0, 0.05) is 11.6 Å². The zero-order valence-corrected chi connectivity index (χ0v) is 11.4. The fourth-order valence-electron chi connectivity index (χ4n) is 1.43. The summed E-state index contributed by atoms with van der Waals surface area (Å²) in [5, 5.41) is 0.845. The molecule has 0 spiro atoms. The Morgan fingerprint density at radius 3 is 2.73 bits per heavy atom. The number of pyridine rings is 1. The fourth-order valence-corrected chi connectivity index (χ4v) is 2.09. The van der Waals surface area contributed by atoms with Crippen molar-refractivity contribution in [2.75, 3.05) is 0 Å². The van der Waals surface area contributed by atoms with Gasteiger partial charge in [0.05, 0.1) is 10.4 Å². The van der Waals surface area contributed by atoms with Gasteiger partial charge < -0.3 is 4.55 Å². The summed E-state index contributed by atoms with van der Waals surface area (Å²) in [6, 6.07) is 7.29. The molecule has 0 aliphatic rings. The molecule has 1 aromatic heterocycles. The topological polar surface area (TPSA) is 53.0 Å². The van der Waals surface area contributed by atoms with Gasteiger partial charge >= 0.3 is 29.6 Å². The second kappa shape index (κ2) is 5.18. The summed E-state index contributed by atoms with van der Waals surface area (Å²) >= 11 is -2.23. The molecule has 5 heteroatoms. The molecule has 72 valence electrons. The third-order valence-electron chi connectivity index (χ3n) is 2.09. The van der Waals surface area contributed by atoms with Gasteiger partial charge in [-0.1, -0.05) is 18.2 Å². The number of aromatic nitrogens is 1. The van der Waals surface area contributed by atoms with Crippen molar-refractivity contribution in [3.63, 3.8) is 0 Å². The molecule has 0 radical (unpaired) electrons. The largest absolute Gasteiger partial charge is 1.00 e. The molecule has 1 heterocycles. The van der Waals surface area contributed by atoms with Gasteiger partial charge in [0.25, 0.3) is 0 Å². The molecule has 0 saturated carbocycles. The van der Waals surface area contributed by atoms with Crippen LogP contribution in [-0.4, -0.2) is 13.7 Å². The Balaban J connectivity index is 0.00000112. The molecule has 2 aromatic rings. The molecule has 2 rings (SSSR count). The Bertz CT molecular complexity index is 516. The average Bonchev–Trinajstić information content (AvgIpc) is 2.17. The van der Waals surface area contributed by atoms with Gasteiger partial charge in [-0.15, -0.1) is 0 Å². The number of benzene rings is 1. The average molecular weight is 229 g/mol. The number of rotatable bonds is 1. The van der Waals surface area contributed by atoms with Crippen LogP contribution in [0.5, 0.6) is 0 Å². The fraction of sp³-hybridized carbons (Fsp3) is 0.100. The maximum Gasteiger partial charge on any atom is 1.00 e. The van der Waals surface area contributed by atoms with E-state index in [1.54, 1.807) is 25.3 Å². The van der Waals surface area contributed by atoms with Crippen molar-refractivity contribution in [1.29, 1.82) is 0 Å². The second-order valence-corrected chi connectivity index (χ2v) is 3.90. The Morgan fingerprint density at radius 1 is 1.33 bits per heavy atom. The molecular formula is C10H8NNaO2S. The first-order valence-corrected chi connectivity index (χ1v) is 5.21. The van der Waals surface area contributed by atoms with Gasteiger partial charge in [-0.3, -0.25) is 9.19 Å². The summed E-state index contributed by atoms with van der Waals surface area (Å²) in [5.41, 5.74) is 1.27. The van der Waals surface area contributed by atoms with Gasteiger partial charge in [-0.05, 0) is 29.6 Å². The van der Waals surface area contributed by atoms with Crippen molar-refractivity contribution in [3.05, 3.63) is 36.0 Å². The van der Waals surface area contributed by atoms with Gasteiger partial charge in [-0.2, -0.15) is 0 Å². The first kappa shape index (κ1) is 12.8. The van der Waals surface area contributed by atoms with E-state index in [4.69, 9.17) is 0 Å². The van der Waals surface area contributed by atoms with E-state index >= 15 is 0 Å². The number of fused-ring (bicyclic) bond motifs is 1. The van der Waals surface area contributed by atoms with Crippen molar-refractivity contribution >= 4 is 22.0 Å². The smallest absolute Gasteiger partial charge is 0.768 e. The van der Waals surface area contributed by atoms with Crippen molar-refractivity contribution in [2.24, 2.45) is 0 Å². The van der Waals surface area contributed by atoms with Crippen LogP contribution in [0.25, 0.3) is 10.9 Å². The molecule has 0 bridgehead atoms. The van der Waals surface area contributed by atoms with Crippen molar-refractivity contribution < 1.29 is 38.3 Å². The maximum absolute atomic E-state index is 11.0. The van der Waals surface area contributed by atoms with Crippen LogP contribution < -0.4 is 29.6 Å². The summed E-state index contributed by atoms with van der Waals surface area (Å²) in [4.78, 5) is 4.36. The van der Waals surface area contributed by atoms with Gasteiger partial charge in [-0.25, -0.2) is 0 Å². The molecule has 0 amide bonds. The van der Waals surface area contributed by atoms with E-state index in [2.05, 4.69) is 4.98 Å². The molecule has 3 nitrogen and oxygen atoms in total. The monoisotopic (exact) mass is 229 g/mol. The second-order valence-electron chi connectivity index (χ2n) is 3.02. The molecule has 0 fully saturated rings.